The fourth-order valence-electron chi connectivity index (χ4n) is 2.09. The second-order valence-corrected chi connectivity index (χ2v) is 5.39. The molecule has 0 bridgehead atoms. The SMILES string of the molecule is COc1ccccc1[C@H](NC(=O)c1cnns1)c1noc(C)n1. The predicted molar refractivity (Wildman–Crippen MR) is 81.2 cm³/mol. The van der Waals surface area contributed by atoms with Gasteiger partial charge in [0.05, 0.1) is 13.3 Å². The predicted octanol–water partition coefficient (Wildman–Crippen LogP) is 1.76. The van der Waals surface area contributed by atoms with Crippen LogP contribution in [0.1, 0.15) is 33.0 Å². The Labute approximate surface area is 135 Å². The van der Waals surface area contributed by atoms with Crippen LogP contribution in [0.15, 0.2) is 35.0 Å². The molecule has 0 fully saturated rings. The van der Waals surface area contributed by atoms with Crippen LogP contribution in [0.2, 0.25) is 0 Å². The molecule has 1 aromatic carbocycles. The van der Waals surface area contributed by atoms with Gasteiger partial charge in [-0.05, 0) is 17.6 Å². The number of aromatic nitrogens is 4. The second-order valence-electron chi connectivity index (χ2n) is 4.60. The number of carbonyl (C=O) groups is 1. The van der Waals surface area contributed by atoms with E-state index in [9.17, 15) is 4.79 Å². The Morgan fingerprint density at radius 3 is 2.87 bits per heavy atom. The Morgan fingerprint density at radius 1 is 1.39 bits per heavy atom. The minimum absolute atomic E-state index is 0.321. The van der Waals surface area contributed by atoms with Gasteiger partial charge in [-0.1, -0.05) is 27.8 Å². The average molecular weight is 331 g/mol. The molecule has 3 rings (SSSR count). The Bertz CT molecular complexity index is 802. The molecule has 0 saturated heterocycles. The Hall–Kier alpha value is -2.81. The largest absolute Gasteiger partial charge is 0.496 e. The minimum Gasteiger partial charge on any atom is -0.496 e. The zero-order valence-corrected chi connectivity index (χ0v) is 13.2. The van der Waals surface area contributed by atoms with Crippen molar-refractivity contribution in [1.29, 1.82) is 0 Å². The highest BCUT2D eigenvalue weighted by molar-refractivity contribution is 7.07. The van der Waals surface area contributed by atoms with Crippen LogP contribution in [0.4, 0.5) is 0 Å². The number of ether oxygens (including phenoxy) is 1. The van der Waals surface area contributed by atoms with Gasteiger partial charge < -0.3 is 14.6 Å². The fraction of sp³-hybridized carbons (Fsp3) is 0.214. The molecule has 3 aromatic rings. The van der Waals surface area contributed by atoms with Crippen molar-refractivity contribution in [3.05, 3.63) is 52.6 Å². The van der Waals surface area contributed by atoms with Gasteiger partial charge >= 0.3 is 0 Å². The van der Waals surface area contributed by atoms with Crippen molar-refractivity contribution >= 4 is 17.4 Å². The van der Waals surface area contributed by atoms with Crippen LogP contribution < -0.4 is 10.1 Å². The van der Waals surface area contributed by atoms with E-state index >= 15 is 0 Å². The van der Waals surface area contributed by atoms with E-state index in [0.29, 0.717) is 22.3 Å². The van der Waals surface area contributed by atoms with Crippen LogP contribution in [-0.2, 0) is 0 Å². The number of benzene rings is 1. The third kappa shape index (κ3) is 3.19. The van der Waals surface area contributed by atoms with Gasteiger partial charge in [0.2, 0.25) is 5.89 Å². The quantitative estimate of drug-likeness (QED) is 0.759. The summed E-state index contributed by atoms with van der Waals surface area (Å²) in [5.74, 6) is 1.05. The first-order valence-electron chi connectivity index (χ1n) is 6.70. The molecular formula is C14H13N5O3S. The average Bonchev–Trinajstić information content (AvgIpc) is 3.24. The molecule has 2 heterocycles. The maximum Gasteiger partial charge on any atom is 0.265 e. The van der Waals surface area contributed by atoms with Gasteiger partial charge in [-0.25, -0.2) is 0 Å². The number of carbonyl (C=O) groups excluding carboxylic acids is 1. The lowest BCUT2D eigenvalue weighted by Gasteiger charge is -2.17. The summed E-state index contributed by atoms with van der Waals surface area (Å²) in [6.07, 6.45) is 1.40. The van der Waals surface area contributed by atoms with Crippen LogP contribution in [0.25, 0.3) is 0 Å². The standard InChI is InChI=1S/C14H13N5O3S/c1-8-16-13(18-22-8)12(9-5-3-4-6-10(9)21-2)17-14(20)11-7-15-19-23-11/h3-7,12H,1-2H3,(H,17,20)/t12-/m0/s1. The number of nitrogens with one attached hydrogen (secondary N) is 1. The molecule has 0 aliphatic heterocycles. The maximum absolute atomic E-state index is 12.4. The van der Waals surface area contributed by atoms with Crippen molar-refractivity contribution in [2.24, 2.45) is 0 Å². The first kappa shape index (κ1) is 15.1. The molecule has 0 saturated carbocycles. The molecule has 0 aliphatic rings. The summed E-state index contributed by atoms with van der Waals surface area (Å²) in [6.45, 7) is 1.69. The van der Waals surface area contributed by atoms with E-state index in [1.165, 1.54) is 6.20 Å². The molecule has 9 heteroatoms. The third-order valence-corrected chi connectivity index (χ3v) is 3.78. The van der Waals surface area contributed by atoms with Gasteiger partial charge in [-0.15, -0.1) is 5.10 Å². The zero-order chi connectivity index (χ0) is 16.2. The summed E-state index contributed by atoms with van der Waals surface area (Å²) in [6, 6.07) is 6.71. The van der Waals surface area contributed by atoms with Crippen LogP contribution in [0, 0.1) is 6.92 Å². The smallest absolute Gasteiger partial charge is 0.265 e. The summed E-state index contributed by atoms with van der Waals surface area (Å²) < 4.78 is 14.1. The van der Waals surface area contributed by atoms with E-state index in [1.807, 2.05) is 18.2 Å². The van der Waals surface area contributed by atoms with Gasteiger partial charge in [0.25, 0.3) is 5.91 Å². The highest BCUT2D eigenvalue weighted by Gasteiger charge is 2.26. The molecule has 0 aliphatic carbocycles. The molecule has 118 valence electrons. The number of para-hydroxylation sites is 1. The molecule has 8 nitrogen and oxygen atoms in total. The lowest BCUT2D eigenvalue weighted by molar-refractivity contribution is 0.0944. The van der Waals surface area contributed by atoms with Crippen molar-refractivity contribution < 1.29 is 14.1 Å². The molecule has 0 radical (unpaired) electrons. The van der Waals surface area contributed by atoms with Crippen molar-refractivity contribution in [2.45, 2.75) is 13.0 Å². The molecule has 0 spiro atoms. The molecule has 1 N–H and O–H groups in total. The van der Waals surface area contributed by atoms with Gasteiger partial charge in [-0.2, -0.15) is 4.98 Å². The topological polar surface area (TPSA) is 103 Å². The van der Waals surface area contributed by atoms with Crippen molar-refractivity contribution in [1.82, 2.24) is 25.0 Å². The van der Waals surface area contributed by atoms with E-state index < -0.39 is 6.04 Å². The number of hydrogen-bond acceptors (Lipinski definition) is 8. The number of aryl methyl sites for hydroxylation is 1. The van der Waals surface area contributed by atoms with E-state index in [-0.39, 0.29) is 5.91 Å². The Balaban J connectivity index is 1.99. The Kier molecular flexibility index (Phi) is 4.29. The van der Waals surface area contributed by atoms with Crippen molar-refractivity contribution in [2.75, 3.05) is 7.11 Å². The van der Waals surface area contributed by atoms with Crippen LogP contribution >= 0.6 is 11.5 Å². The summed E-state index contributed by atoms with van der Waals surface area (Å²) in [5.41, 5.74) is 0.724. The normalized spacial score (nSPS) is 11.9. The van der Waals surface area contributed by atoms with Crippen LogP contribution in [0.5, 0.6) is 5.75 Å². The minimum atomic E-state index is -0.613. The monoisotopic (exact) mass is 331 g/mol. The molecule has 0 unspecified atom stereocenters. The van der Waals surface area contributed by atoms with E-state index in [0.717, 1.165) is 17.1 Å². The van der Waals surface area contributed by atoms with Crippen molar-refractivity contribution in [3.8, 4) is 5.75 Å². The molecular weight excluding hydrogens is 318 g/mol. The first-order chi connectivity index (χ1) is 11.2. The fourth-order valence-corrected chi connectivity index (χ4v) is 2.51. The Morgan fingerprint density at radius 2 is 2.22 bits per heavy atom. The van der Waals surface area contributed by atoms with Gasteiger partial charge in [0, 0.05) is 12.5 Å². The summed E-state index contributed by atoms with van der Waals surface area (Å²) in [7, 11) is 1.56. The van der Waals surface area contributed by atoms with Gasteiger partial charge in [0.1, 0.15) is 16.7 Å². The number of rotatable bonds is 5. The van der Waals surface area contributed by atoms with E-state index in [2.05, 4.69) is 25.0 Å². The first-order valence-corrected chi connectivity index (χ1v) is 7.47. The van der Waals surface area contributed by atoms with Gasteiger partial charge in [0.15, 0.2) is 5.82 Å². The van der Waals surface area contributed by atoms with Crippen LogP contribution in [-0.4, -0.2) is 32.7 Å². The number of methoxy groups -OCH3 is 1. The number of amides is 1. The lowest BCUT2D eigenvalue weighted by atomic mass is 10.0. The second kappa shape index (κ2) is 6.53. The zero-order valence-electron chi connectivity index (χ0n) is 12.4. The summed E-state index contributed by atoms with van der Waals surface area (Å²) in [5, 5.41) is 10.5. The third-order valence-electron chi connectivity index (χ3n) is 3.11. The lowest BCUT2D eigenvalue weighted by Crippen LogP contribution is -2.30. The molecule has 23 heavy (non-hydrogen) atoms. The highest BCUT2D eigenvalue weighted by Crippen LogP contribution is 2.28. The maximum atomic E-state index is 12.4. The van der Waals surface area contributed by atoms with E-state index in [4.69, 9.17) is 9.26 Å². The highest BCUT2D eigenvalue weighted by atomic mass is 32.1. The van der Waals surface area contributed by atoms with E-state index in [1.54, 1.807) is 20.1 Å². The molecule has 2 aromatic heterocycles. The summed E-state index contributed by atoms with van der Waals surface area (Å²) >= 11 is 1.01. The van der Waals surface area contributed by atoms with Crippen molar-refractivity contribution in [3.63, 3.8) is 0 Å². The van der Waals surface area contributed by atoms with Crippen LogP contribution in [0.3, 0.4) is 0 Å². The molecule has 1 atom stereocenters. The summed E-state index contributed by atoms with van der Waals surface area (Å²) in [4.78, 5) is 17.0. The van der Waals surface area contributed by atoms with Gasteiger partial charge in [-0.3, -0.25) is 4.79 Å². The number of nitrogens with zero attached hydrogens (tertiary/aromatic N) is 4. The number of hydrogen-bond donors (Lipinski definition) is 1. The molecule has 1 amide bonds.